The Morgan fingerprint density at radius 3 is 3.00 bits per heavy atom. The minimum absolute atomic E-state index is 0.811. The first-order valence-electron chi connectivity index (χ1n) is 3.03. The molecule has 0 bridgehead atoms. The van der Waals surface area contributed by atoms with E-state index in [9.17, 15) is 0 Å². The number of pyridine rings is 1. The van der Waals surface area contributed by atoms with E-state index in [1.807, 2.05) is 13.0 Å². The van der Waals surface area contributed by atoms with Gasteiger partial charge in [-0.25, -0.2) is 4.98 Å². The summed E-state index contributed by atoms with van der Waals surface area (Å²) in [5.74, 6) is 0. The molecule has 0 saturated heterocycles. The van der Waals surface area contributed by atoms with Gasteiger partial charge in [0, 0.05) is 11.8 Å². The van der Waals surface area contributed by atoms with Crippen LogP contribution in [-0.2, 0) is 0 Å². The lowest BCUT2D eigenvalue weighted by Gasteiger charge is -1.96. The monoisotopic (exact) mass is 262 g/mol. The summed E-state index contributed by atoms with van der Waals surface area (Å²) < 4.78 is 0.970. The lowest BCUT2D eigenvalue weighted by Crippen LogP contribution is -1.89. The summed E-state index contributed by atoms with van der Waals surface area (Å²) in [6, 6.07) is 1.91. The quantitative estimate of drug-likeness (QED) is 0.276. The smallest absolute Gasteiger partial charge is 0.104 e. The van der Waals surface area contributed by atoms with Crippen LogP contribution in [0.4, 0.5) is 0 Å². The molecule has 0 saturated carbocycles. The summed E-state index contributed by atoms with van der Waals surface area (Å²) >= 11 is 2.15. The van der Waals surface area contributed by atoms with E-state index in [-0.39, 0.29) is 0 Å². The standard InChI is InChI=1S/C7H7IN2O/c1-5-2-6(4-10-11)3-9-7(5)8/h2-4,11H,1H3/b10-4-. The molecular weight excluding hydrogens is 255 g/mol. The maximum atomic E-state index is 8.22. The highest BCUT2D eigenvalue weighted by molar-refractivity contribution is 14.1. The fourth-order valence-corrected chi connectivity index (χ4v) is 1.01. The van der Waals surface area contributed by atoms with Gasteiger partial charge in [-0.2, -0.15) is 0 Å². The summed E-state index contributed by atoms with van der Waals surface area (Å²) in [6.45, 7) is 1.96. The third kappa shape index (κ3) is 2.14. The van der Waals surface area contributed by atoms with Gasteiger partial charge in [-0.05, 0) is 41.1 Å². The Morgan fingerprint density at radius 1 is 1.73 bits per heavy atom. The third-order valence-corrected chi connectivity index (χ3v) is 2.37. The van der Waals surface area contributed by atoms with Crippen LogP contribution in [0.3, 0.4) is 0 Å². The van der Waals surface area contributed by atoms with Gasteiger partial charge in [0.2, 0.25) is 0 Å². The number of hydrogen-bond donors (Lipinski definition) is 1. The van der Waals surface area contributed by atoms with Gasteiger partial charge in [-0.15, -0.1) is 0 Å². The predicted molar refractivity (Wildman–Crippen MR) is 51.1 cm³/mol. The third-order valence-electron chi connectivity index (χ3n) is 1.24. The van der Waals surface area contributed by atoms with Crippen LogP contribution >= 0.6 is 22.6 Å². The molecule has 1 heterocycles. The fraction of sp³-hybridized carbons (Fsp3) is 0.143. The van der Waals surface area contributed by atoms with E-state index in [4.69, 9.17) is 5.21 Å². The highest BCUT2D eigenvalue weighted by Gasteiger charge is 1.95. The van der Waals surface area contributed by atoms with Crippen molar-refractivity contribution >= 4 is 28.8 Å². The fourth-order valence-electron chi connectivity index (χ4n) is 0.717. The van der Waals surface area contributed by atoms with Gasteiger partial charge in [-0.3, -0.25) is 0 Å². The topological polar surface area (TPSA) is 45.5 Å². The number of nitrogens with zero attached hydrogens (tertiary/aromatic N) is 2. The van der Waals surface area contributed by atoms with E-state index in [1.54, 1.807) is 6.20 Å². The molecule has 58 valence electrons. The van der Waals surface area contributed by atoms with E-state index in [2.05, 4.69) is 32.7 Å². The molecule has 0 spiro atoms. The van der Waals surface area contributed by atoms with Gasteiger partial charge in [0.05, 0.1) is 6.21 Å². The second-order valence-corrected chi connectivity index (χ2v) is 3.14. The van der Waals surface area contributed by atoms with Crippen molar-refractivity contribution < 1.29 is 5.21 Å². The maximum absolute atomic E-state index is 8.22. The highest BCUT2D eigenvalue weighted by atomic mass is 127. The van der Waals surface area contributed by atoms with Crippen LogP contribution in [0.1, 0.15) is 11.1 Å². The number of aromatic nitrogens is 1. The SMILES string of the molecule is Cc1cc(/C=N\O)cnc1I. The Labute approximate surface area is 78.3 Å². The Kier molecular flexibility index (Phi) is 2.81. The average Bonchev–Trinajstić information content (AvgIpc) is 1.98. The molecule has 1 N–H and O–H groups in total. The Morgan fingerprint density at radius 2 is 2.45 bits per heavy atom. The second-order valence-electron chi connectivity index (χ2n) is 2.12. The van der Waals surface area contributed by atoms with E-state index >= 15 is 0 Å². The molecule has 0 aliphatic carbocycles. The number of aryl methyl sites for hydroxylation is 1. The van der Waals surface area contributed by atoms with Crippen molar-refractivity contribution in [3.8, 4) is 0 Å². The van der Waals surface area contributed by atoms with Gasteiger partial charge in [0.25, 0.3) is 0 Å². The first-order valence-corrected chi connectivity index (χ1v) is 4.11. The molecule has 0 radical (unpaired) electrons. The highest BCUT2D eigenvalue weighted by Crippen LogP contribution is 2.08. The first kappa shape index (κ1) is 8.45. The zero-order chi connectivity index (χ0) is 8.27. The molecule has 0 unspecified atom stereocenters. The van der Waals surface area contributed by atoms with Crippen molar-refractivity contribution in [1.82, 2.24) is 4.98 Å². The van der Waals surface area contributed by atoms with Crippen LogP contribution in [0.25, 0.3) is 0 Å². The Balaban J connectivity index is 3.05. The average molecular weight is 262 g/mol. The van der Waals surface area contributed by atoms with E-state index in [0.29, 0.717) is 0 Å². The molecule has 11 heavy (non-hydrogen) atoms. The van der Waals surface area contributed by atoms with Crippen molar-refractivity contribution in [1.29, 1.82) is 0 Å². The molecule has 4 heteroatoms. The van der Waals surface area contributed by atoms with Gasteiger partial charge in [0.15, 0.2) is 0 Å². The molecule has 0 aliphatic rings. The van der Waals surface area contributed by atoms with E-state index in [0.717, 1.165) is 14.8 Å². The molecule has 1 aromatic heterocycles. The summed E-state index contributed by atoms with van der Waals surface area (Å²) in [6.07, 6.45) is 3.02. The zero-order valence-electron chi connectivity index (χ0n) is 5.95. The van der Waals surface area contributed by atoms with Crippen LogP contribution in [0, 0.1) is 10.6 Å². The largest absolute Gasteiger partial charge is 0.411 e. The number of halogens is 1. The Hall–Kier alpha value is -0.650. The number of hydrogen-bond acceptors (Lipinski definition) is 3. The molecule has 1 rings (SSSR count). The van der Waals surface area contributed by atoms with Crippen LogP contribution in [0.2, 0.25) is 0 Å². The van der Waals surface area contributed by atoms with Crippen molar-refractivity contribution in [3.63, 3.8) is 0 Å². The molecule has 0 fully saturated rings. The van der Waals surface area contributed by atoms with Gasteiger partial charge < -0.3 is 5.21 Å². The summed E-state index contributed by atoms with van der Waals surface area (Å²) in [5.41, 5.74) is 1.90. The van der Waals surface area contributed by atoms with Crippen LogP contribution in [0.5, 0.6) is 0 Å². The van der Waals surface area contributed by atoms with Gasteiger partial charge >= 0.3 is 0 Å². The lowest BCUT2D eigenvalue weighted by atomic mass is 10.2. The lowest BCUT2D eigenvalue weighted by molar-refractivity contribution is 0.322. The molecular formula is C7H7IN2O. The second kappa shape index (κ2) is 3.66. The van der Waals surface area contributed by atoms with Crippen LogP contribution in [-0.4, -0.2) is 16.4 Å². The minimum atomic E-state index is 0.811. The van der Waals surface area contributed by atoms with Crippen LogP contribution in [0.15, 0.2) is 17.4 Å². The number of oxime groups is 1. The molecule has 3 nitrogen and oxygen atoms in total. The first-order chi connectivity index (χ1) is 5.24. The van der Waals surface area contributed by atoms with Crippen molar-refractivity contribution in [2.24, 2.45) is 5.16 Å². The minimum Gasteiger partial charge on any atom is -0.411 e. The molecule has 1 aromatic rings. The van der Waals surface area contributed by atoms with Crippen molar-refractivity contribution in [2.45, 2.75) is 6.92 Å². The van der Waals surface area contributed by atoms with E-state index < -0.39 is 0 Å². The maximum Gasteiger partial charge on any atom is 0.104 e. The molecule has 0 amide bonds. The normalized spacial score (nSPS) is 10.7. The Bertz CT molecular complexity index is 286. The van der Waals surface area contributed by atoms with E-state index in [1.165, 1.54) is 6.21 Å². The summed E-state index contributed by atoms with van der Waals surface area (Å²) in [7, 11) is 0. The predicted octanol–water partition coefficient (Wildman–Crippen LogP) is 1.80. The molecule has 0 aromatic carbocycles. The zero-order valence-corrected chi connectivity index (χ0v) is 8.11. The van der Waals surface area contributed by atoms with Gasteiger partial charge in [0.1, 0.15) is 3.70 Å². The summed E-state index contributed by atoms with van der Waals surface area (Å²) in [5, 5.41) is 11.1. The molecule has 0 aliphatic heterocycles. The summed E-state index contributed by atoms with van der Waals surface area (Å²) in [4.78, 5) is 4.08. The van der Waals surface area contributed by atoms with Gasteiger partial charge in [-0.1, -0.05) is 5.16 Å². The van der Waals surface area contributed by atoms with Crippen molar-refractivity contribution in [2.75, 3.05) is 0 Å². The van der Waals surface area contributed by atoms with Crippen LogP contribution < -0.4 is 0 Å². The van der Waals surface area contributed by atoms with Crippen molar-refractivity contribution in [3.05, 3.63) is 27.1 Å². The molecule has 0 atom stereocenters. The number of rotatable bonds is 1.